The van der Waals surface area contributed by atoms with Crippen molar-refractivity contribution in [1.82, 2.24) is 9.80 Å². The number of rotatable bonds is 5. The predicted octanol–water partition coefficient (Wildman–Crippen LogP) is 4.73. The van der Waals surface area contributed by atoms with E-state index in [1.165, 1.54) is 6.07 Å². The molecule has 1 saturated heterocycles. The Kier molecular flexibility index (Phi) is 6.31. The van der Waals surface area contributed by atoms with Gasteiger partial charge in [-0.2, -0.15) is 0 Å². The summed E-state index contributed by atoms with van der Waals surface area (Å²) < 4.78 is 13.7. The van der Waals surface area contributed by atoms with Crippen LogP contribution in [0.15, 0.2) is 54.6 Å². The molecule has 1 fully saturated rings. The highest BCUT2D eigenvalue weighted by Gasteiger charge is 2.36. The highest BCUT2D eigenvalue weighted by molar-refractivity contribution is 6.02. The number of benzene rings is 3. The second kappa shape index (κ2) is 9.00. The molecule has 1 N–H and O–H groups in total. The van der Waals surface area contributed by atoms with Crippen LogP contribution in [0.3, 0.4) is 0 Å². The number of hydrogen-bond acceptors (Lipinski definition) is 3. The van der Waals surface area contributed by atoms with Gasteiger partial charge in [0.15, 0.2) is 0 Å². The fraction of sp³-hybridized carbons (Fsp3) is 0.370. The van der Waals surface area contributed by atoms with Crippen LogP contribution in [-0.2, 0) is 0 Å². The van der Waals surface area contributed by atoms with Gasteiger partial charge in [-0.3, -0.25) is 4.79 Å². The molecular weight excluding hydrogens is 403 g/mol. The second-order valence-electron chi connectivity index (χ2n) is 9.39. The fourth-order valence-electron chi connectivity index (χ4n) is 4.88. The van der Waals surface area contributed by atoms with E-state index < -0.39 is 0 Å². The highest BCUT2D eigenvalue weighted by atomic mass is 19.1. The summed E-state index contributed by atoms with van der Waals surface area (Å²) in [6.45, 7) is 4.05. The second-order valence-corrected chi connectivity index (χ2v) is 9.39. The minimum absolute atomic E-state index is 0.0336. The summed E-state index contributed by atoms with van der Waals surface area (Å²) >= 11 is 0. The zero-order chi connectivity index (χ0) is 22.9. The maximum Gasteiger partial charge on any atom is 0.253 e. The molecule has 32 heavy (non-hydrogen) atoms. The summed E-state index contributed by atoms with van der Waals surface area (Å²) in [5, 5.41) is 12.0. The van der Waals surface area contributed by atoms with E-state index in [4.69, 9.17) is 0 Å². The lowest BCUT2D eigenvalue weighted by atomic mass is 9.78. The minimum Gasteiger partial charge on any atom is -0.396 e. The number of aliphatic hydroxyl groups excluding tert-OH is 1. The standard InChI is InChI=1S/C27H31FN2O2/c1-19-15-21(8-10-25(19)28)23-6-4-5-20-16-22(7-9-24(20)23)26(32)30-13-11-27(18-31,12-14-30)17-29(2)3/h4-10,15-16,31H,11-14,17-18H2,1-3H3. The average Bonchev–Trinajstić information content (AvgIpc) is 2.79. The first-order valence-electron chi connectivity index (χ1n) is 11.2. The van der Waals surface area contributed by atoms with Gasteiger partial charge in [-0.1, -0.05) is 30.3 Å². The van der Waals surface area contributed by atoms with E-state index in [1.54, 1.807) is 13.0 Å². The van der Waals surface area contributed by atoms with Crippen LogP contribution in [0.5, 0.6) is 0 Å². The normalized spacial score (nSPS) is 16.0. The van der Waals surface area contributed by atoms with Crippen molar-refractivity contribution in [3.05, 3.63) is 71.5 Å². The van der Waals surface area contributed by atoms with Gasteiger partial charge in [0.05, 0.1) is 6.61 Å². The Hall–Kier alpha value is -2.76. The summed E-state index contributed by atoms with van der Waals surface area (Å²) in [6.07, 6.45) is 1.60. The van der Waals surface area contributed by atoms with E-state index in [1.807, 2.05) is 61.5 Å². The van der Waals surface area contributed by atoms with Gasteiger partial charge in [0.1, 0.15) is 5.82 Å². The first-order valence-corrected chi connectivity index (χ1v) is 11.2. The predicted molar refractivity (Wildman–Crippen MR) is 127 cm³/mol. The van der Waals surface area contributed by atoms with Crippen molar-refractivity contribution in [1.29, 1.82) is 0 Å². The van der Waals surface area contributed by atoms with Crippen LogP contribution in [-0.4, -0.2) is 61.2 Å². The third-order valence-electron chi connectivity index (χ3n) is 6.69. The minimum atomic E-state index is -0.209. The molecule has 168 valence electrons. The van der Waals surface area contributed by atoms with Crippen molar-refractivity contribution in [3.63, 3.8) is 0 Å². The first kappa shape index (κ1) is 22.4. The summed E-state index contributed by atoms with van der Waals surface area (Å²) in [4.78, 5) is 17.2. The van der Waals surface area contributed by atoms with Crippen LogP contribution in [0.2, 0.25) is 0 Å². The number of likely N-dealkylation sites (tertiary alicyclic amines) is 1. The topological polar surface area (TPSA) is 43.8 Å². The van der Waals surface area contributed by atoms with Crippen molar-refractivity contribution in [3.8, 4) is 11.1 Å². The molecule has 1 heterocycles. The SMILES string of the molecule is Cc1cc(-c2cccc3cc(C(=O)N4CCC(CO)(CN(C)C)CC4)ccc23)ccc1F. The number of amides is 1. The number of piperidine rings is 1. The monoisotopic (exact) mass is 434 g/mol. The Labute approximate surface area is 189 Å². The zero-order valence-corrected chi connectivity index (χ0v) is 19.1. The average molecular weight is 435 g/mol. The fourth-order valence-corrected chi connectivity index (χ4v) is 4.88. The zero-order valence-electron chi connectivity index (χ0n) is 19.1. The molecule has 0 unspecified atom stereocenters. The molecule has 4 rings (SSSR count). The van der Waals surface area contributed by atoms with Crippen molar-refractivity contribution < 1.29 is 14.3 Å². The molecule has 4 nitrogen and oxygen atoms in total. The van der Waals surface area contributed by atoms with E-state index in [9.17, 15) is 14.3 Å². The largest absolute Gasteiger partial charge is 0.396 e. The van der Waals surface area contributed by atoms with Crippen molar-refractivity contribution in [2.45, 2.75) is 19.8 Å². The highest BCUT2D eigenvalue weighted by Crippen LogP contribution is 2.33. The Morgan fingerprint density at radius 1 is 1.09 bits per heavy atom. The van der Waals surface area contributed by atoms with Gasteiger partial charge >= 0.3 is 0 Å². The Bertz CT molecular complexity index is 1130. The third-order valence-corrected chi connectivity index (χ3v) is 6.69. The Morgan fingerprint density at radius 2 is 1.84 bits per heavy atom. The molecule has 0 saturated carbocycles. The Balaban J connectivity index is 1.57. The molecular formula is C27H31FN2O2. The number of carbonyl (C=O) groups excluding carboxylic acids is 1. The molecule has 0 spiro atoms. The smallest absolute Gasteiger partial charge is 0.253 e. The van der Waals surface area contributed by atoms with E-state index in [0.29, 0.717) is 24.2 Å². The lowest BCUT2D eigenvalue weighted by Gasteiger charge is -2.42. The lowest BCUT2D eigenvalue weighted by molar-refractivity contribution is 0.0222. The summed E-state index contributed by atoms with van der Waals surface area (Å²) in [5.74, 6) is -0.175. The molecule has 1 aliphatic rings. The molecule has 1 amide bonds. The maximum atomic E-state index is 13.7. The van der Waals surface area contributed by atoms with E-state index in [2.05, 4.69) is 4.90 Å². The van der Waals surface area contributed by atoms with Gasteiger partial charge in [0.2, 0.25) is 0 Å². The molecule has 0 aromatic heterocycles. The number of aryl methyl sites for hydroxylation is 1. The number of carbonyl (C=O) groups is 1. The maximum absolute atomic E-state index is 13.7. The Morgan fingerprint density at radius 3 is 2.50 bits per heavy atom. The molecule has 0 radical (unpaired) electrons. The van der Waals surface area contributed by atoms with Crippen molar-refractivity contribution in [2.24, 2.45) is 5.41 Å². The van der Waals surface area contributed by atoms with Crippen LogP contribution >= 0.6 is 0 Å². The summed E-state index contributed by atoms with van der Waals surface area (Å²) in [7, 11) is 4.04. The number of halogens is 1. The van der Waals surface area contributed by atoms with Crippen LogP contribution in [0.25, 0.3) is 21.9 Å². The molecule has 5 heteroatoms. The molecule has 3 aromatic rings. The first-order chi connectivity index (χ1) is 15.3. The van der Waals surface area contributed by atoms with Crippen LogP contribution < -0.4 is 0 Å². The van der Waals surface area contributed by atoms with Crippen molar-refractivity contribution in [2.75, 3.05) is 40.3 Å². The number of aliphatic hydroxyl groups is 1. The van der Waals surface area contributed by atoms with Gasteiger partial charge in [-0.25, -0.2) is 4.39 Å². The van der Waals surface area contributed by atoms with Crippen molar-refractivity contribution >= 4 is 16.7 Å². The van der Waals surface area contributed by atoms with Gasteiger partial charge in [-0.15, -0.1) is 0 Å². The van der Waals surface area contributed by atoms with E-state index in [0.717, 1.165) is 41.3 Å². The van der Waals surface area contributed by atoms with E-state index >= 15 is 0 Å². The molecule has 0 bridgehead atoms. The molecule has 3 aromatic carbocycles. The van der Waals surface area contributed by atoms with E-state index in [-0.39, 0.29) is 23.7 Å². The summed E-state index contributed by atoms with van der Waals surface area (Å²) in [6, 6.07) is 17.0. The van der Waals surface area contributed by atoms with Crippen LogP contribution in [0.1, 0.15) is 28.8 Å². The molecule has 0 atom stereocenters. The number of fused-ring (bicyclic) bond motifs is 1. The molecule has 1 aliphatic heterocycles. The third kappa shape index (κ3) is 4.41. The molecule has 0 aliphatic carbocycles. The van der Waals surface area contributed by atoms with Crippen LogP contribution in [0, 0.1) is 18.2 Å². The number of nitrogens with zero attached hydrogens (tertiary/aromatic N) is 2. The van der Waals surface area contributed by atoms with Gasteiger partial charge < -0.3 is 14.9 Å². The quantitative estimate of drug-likeness (QED) is 0.631. The van der Waals surface area contributed by atoms with Crippen LogP contribution in [0.4, 0.5) is 4.39 Å². The lowest BCUT2D eigenvalue weighted by Crippen LogP contribution is -2.48. The number of hydrogen-bond donors (Lipinski definition) is 1. The van der Waals surface area contributed by atoms with Gasteiger partial charge in [0.25, 0.3) is 5.91 Å². The van der Waals surface area contributed by atoms with Gasteiger partial charge in [0, 0.05) is 30.6 Å². The summed E-state index contributed by atoms with van der Waals surface area (Å²) in [5.41, 5.74) is 3.15. The van der Waals surface area contributed by atoms with Gasteiger partial charge in [-0.05, 0) is 85.6 Å².